The third-order valence-corrected chi connectivity index (χ3v) is 2.38. The number of furan rings is 1. The first kappa shape index (κ1) is 10.2. The van der Waals surface area contributed by atoms with Crippen LogP contribution < -0.4 is 0 Å². The monoisotopic (exact) mass is 204 g/mol. The molecule has 1 aromatic heterocycles. The Kier molecular flexibility index (Phi) is 2.78. The molecule has 0 atom stereocenters. The first-order chi connectivity index (χ1) is 7.16. The number of hydrogen-bond acceptors (Lipinski definition) is 2. The van der Waals surface area contributed by atoms with Crippen LogP contribution >= 0.6 is 0 Å². The topological polar surface area (TPSA) is 22.4 Å². The number of rotatable bonds is 3. The number of aryl methyl sites for hydroxylation is 1. The van der Waals surface area contributed by atoms with E-state index in [1.54, 1.807) is 6.26 Å². The molecule has 0 radical (unpaired) electrons. The normalized spacial score (nSPS) is 11.5. The molecule has 0 bridgehead atoms. The fourth-order valence-electron chi connectivity index (χ4n) is 1.56. The van der Waals surface area contributed by atoms with Gasteiger partial charge in [0.25, 0.3) is 0 Å². The molecule has 15 heavy (non-hydrogen) atoms. The van der Waals surface area contributed by atoms with E-state index in [9.17, 15) is 0 Å². The zero-order chi connectivity index (χ0) is 10.8. The zero-order valence-electron chi connectivity index (χ0n) is 9.41. The lowest BCUT2D eigenvalue weighted by Gasteiger charge is -2.05. The fourth-order valence-corrected chi connectivity index (χ4v) is 1.56. The van der Waals surface area contributed by atoms with Gasteiger partial charge in [-0.15, -0.1) is 0 Å². The minimum absolute atomic E-state index is 0.250. The van der Waals surface area contributed by atoms with Crippen LogP contribution in [0.2, 0.25) is 0 Å². The van der Waals surface area contributed by atoms with Crippen LogP contribution in [-0.2, 0) is 11.3 Å². The second kappa shape index (κ2) is 4.07. The molecule has 0 unspecified atom stereocenters. The van der Waals surface area contributed by atoms with Crippen LogP contribution in [0.4, 0.5) is 0 Å². The maximum atomic E-state index is 5.57. The number of fused-ring (bicyclic) bond motifs is 1. The van der Waals surface area contributed by atoms with E-state index in [1.807, 2.05) is 19.9 Å². The van der Waals surface area contributed by atoms with Crippen LogP contribution in [0.1, 0.15) is 25.0 Å². The third-order valence-electron chi connectivity index (χ3n) is 2.38. The van der Waals surface area contributed by atoms with E-state index in [0.717, 1.165) is 16.5 Å². The molecule has 0 spiro atoms. The van der Waals surface area contributed by atoms with E-state index >= 15 is 0 Å². The molecule has 1 heterocycles. The van der Waals surface area contributed by atoms with Crippen LogP contribution in [0, 0.1) is 6.92 Å². The highest BCUT2D eigenvalue weighted by molar-refractivity contribution is 5.81. The Morgan fingerprint density at radius 1 is 1.33 bits per heavy atom. The molecule has 0 aliphatic carbocycles. The summed E-state index contributed by atoms with van der Waals surface area (Å²) >= 11 is 0. The average molecular weight is 204 g/mol. The summed E-state index contributed by atoms with van der Waals surface area (Å²) in [7, 11) is 0. The largest absolute Gasteiger partial charge is 0.464 e. The standard InChI is InChI=1S/C13H16O2/c1-9(2)14-7-11-8-15-13-5-4-10(3)6-12(11)13/h4-6,8-9H,7H2,1-3H3. The second-order valence-electron chi connectivity index (χ2n) is 4.12. The van der Waals surface area contributed by atoms with Gasteiger partial charge in [0.2, 0.25) is 0 Å². The van der Waals surface area contributed by atoms with Crippen molar-refractivity contribution in [1.29, 1.82) is 0 Å². The molecule has 0 N–H and O–H groups in total. The highest BCUT2D eigenvalue weighted by Gasteiger charge is 2.06. The molecule has 1 aromatic carbocycles. The molecule has 2 nitrogen and oxygen atoms in total. The zero-order valence-corrected chi connectivity index (χ0v) is 9.41. The smallest absolute Gasteiger partial charge is 0.134 e. The van der Waals surface area contributed by atoms with Gasteiger partial charge in [-0.05, 0) is 32.9 Å². The molecule has 2 heteroatoms. The fraction of sp³-hybridized carbons (Fsp3) is 0.385. The summed E-state index contributed by atoms with van der Waals surface area (Å²) < 4.78 is 11.0. The van der Waals surface area contributed by atoms with Gasteiger partial charge in [0.05, 0.1) is 19.0 Å². The van der Waals surface area contributed by atoms with E-state index in [0.29, 0.717) is 6.61 Å². The van der Waals surface area contributed by atoms with Crippen LogP contribution in [0.3, 0.4) is 0 Å². The van der Waals surface area contributed by atoms with Gasteiger partial charge in [-0.1, -0.05) is 11.6 Å². The quantitative estimate of drug-likeness (QED) is 0.761. The Bertz CT molecular complexity index is 455. The minimum atomic E-state index is 0.250. The lowest BCUT2D eigenvalue weighted by molar-refractivity contribution is 0.0660. The summed E-state index contributed by atoms with van der Waals surface area (Å²) in [6.45, 7) is 6.77. The maximum absolute atomic E-state index is 5.57. The lowest BCUT2D eigenvalue weighted by Crippen LogP contribution is -2.01. The molecule has 2 aromatic rings. The van der Waals surface area contributed by atoms with Gasteiger partial charge in [0.15, 0.2) is 0 Å². The molecule has 0 amide bonds. The minimum Gasteiger partial charge on any atom is -0.464 e. The molecule has 0 saturated heterocycles. The highest BCUT2D eigenvalue weighted by Crippen LogP contribution is 2.23. The third kappa shape index (κ3) is 2.21. The lowest BCUT2D eigenvalue weighted by atomic mass is 10.1. The van der Waals surface area contributed by atoms with Crippen LogP contribution in [0.5, 0.6) is 0 Å². The van der Waals surface area contributed by atoms with Crippen LogP contribution in [0.25, 0.3) is 11.0 Å². The van der Waals surface area contributed by atoms with Crippen molar-refractivity contribution in [3.8, 4) is 0 Å². The summed E-state index contributed by atoms with van der Waals surface area (Å²) in [6.07, 6.45) is 2.03. The predicted octanol–water partition coefficient (Wildman–Crippen LogP) is 3.67. The number of hydrogen-bond donors (Lipinski definition) is 0. The molecular weight excluding hydrogens is 188 g/mol. The van der Waals surface area contributed by atoms with Crippen molar-refractivity contribution in [3.63, 3.8) is 0 Å². The van der Waals surface area contributed by atoms with Gasteiger partial charge in [-0.2, -0.15) is 0 Å². The van der Waals surface area contributed by atoms with Crippen molar-refractivity contribution in [2.24, 2.45) is 0 Å². The summed E-state index contributed by atoms with van der Waals surface area (Å²) in [4.78, 5) is 0. The average Bonchev–Trinajstić information content (AvgIpc) is 2.57. The Labute approximate surface area is 89.8 Å². The van der Waals surface area contributed by atoms with Gasteiger partial charge >= 0.3 is 0 Å². The van der Waals surface area contributed by atoms with Crippen LogP contribution in [0.15, 0.2) is 28.9 Å². The van der Waals surface area contributed by atoms with Crippen molar-refractivity contribution >= 4 is 11.0 Å². The van der Waals surface area contributed by atoms with Gasteiger partial charge in [0.1, 0.15) is 5.58 Å². The molecule has 80 valence electrons. The van der Waals surface area contributed by atoms with E-state index in [2.05, 4.69) is 19.1 Å². The highest BCUT2D eigenvalue weighted by atomic mass is 16.5. The van der Waals surface area contributed by atoms with Crippen molar-refractivity contribution in [2.45, 2.75) is 33.5 Å². The summed E-state index contributed by atoms with van der Waals surface area (Å²) in [6, 6.07) is 6.19. The summed E-state index contributed by atoms with van der Waals surface area (Å²) in [5.41, 5.74) is 3.31. The molecule has 0 fully saturated rings. The Morgan fingerprint density at radius 3 is 2.87 bits per heavy atom. The molecule has 0 aliphatic rings. The Hall–Kier alpha value is -1.28. The number of ether oxygens (including phenoxy) is 1. The van der Waals surface area contributed by atoms with E-state index in [4.69, 9.17) is 9.15 Å². The molecular formula is C13H16O2. The summed E-state index contributed by atoms with van der Waals surface area (Å²) in [5.74, 6) is 0. The molecule has 2 rings (SSSR count). The predicted molar refractivity (Wildman–Crippen MR) is 60.9 cm³/mol. The Morgan fingerprint density at radius 2 is 2.13 bits per heavy atom. The van der Waals surface area contributed by atoms with E-state index in [-0.39, 0.29) is 6.10 Å². The SMILES string of the molecule is Cc1ccc2occ(COC(C)C)c2c1. The van der Waals surface area contributed by atoms with E-state index in [1.165, 1.54) is 5.56 Å². The number of benzene rings is 1. The van der Waals surface area contributed by atoms with Crippen LogP contribution in [-0.4, -0.2) is 6.10 Å². The maximum Gasteiger partial charge on any atom is 0.134 e. The molecule has 0 aliphatic heterocycles. The first-order valence-electron chi connectivity index (χ1n) is 5.25. The van der Waals surface area contributed by atoms with Crippen molar-refractivity contribution in [2.75, 3.05) is 0 Å². The van der Waals surface area contributed by atoms with Crippen molar-refractivity contribution in [1.82, 2.24) is 0 Å². The second-order valence-corrected chi connectivity index (χ2v) is 4.12. The van der Waals surface area contributed by atoms with Crippen molar-refractivity contribution < 1.29 is 9.15 Å². The van der Waals surface area contributed by atoms with E-state index < -0.39 is 0 Å². The summed E-state index contributed by atoms with van der Waals surface area (Å²) in [5, 5.41) is 1.16. The molecule has 0 saturated carbocycles. The van der Waals surface area contributed by atoms with Gasteiger partial charge in [-0.25, -0.2) is 0 Å². The van der Waals surface area contributed by atoms with Gasteiger partial charge in [-0.3, -0.25) is 0 Å². The first-order valence-corrected chi connectivity index (χ1v) is 5.25. The van der Waals surface area contributed by atoms with Gasteiger partial charge in [0, 0.05) is 10.9 Å². The Balaban J connectivity index is 2.31. The van der Waals surface area contributed by atoms with Gasteiger partial charge < -0.3 is 9.15 Å². The van der Waals surface area contributed by atoms with Crippen molar-refractivity contribution in [3.05, 3.63) is 35.6 Å².